The summed E-state index contributed by atoms with van der Waals surface area (Å²) < 4.78 is 0. The highest BCUT2D eigenvalue weighted by molar-refractivity contribution is 6.13. The Hall–Kier alpha value is -1.19. The summed E-state index contributed by atoms with van der Waals surface area (Å²) in [5.74, 6) is -0.943. The molecule has 0 atom stereocenters. The van der Waals surface area contributed by atoms with Gasteiger partial charge in [-0.15, -0.1) is 0 Å². The summed E-state index contributed by atoms with van der Waals surface area (Å²) >= 11 is 0. The van der Waals surface area contributed by atoms with Crippen LogP contribution in [-0.2, 0) is 14.4 Å². The molecule has 2 fully saturated rings. The summed E-state index contributed by atoms with van der Waals surface area (Å²) in [5, 5.41) is 0. The van der Waals surface area contributed by atoms with Crippen LogP contribution in [0.4, 0.5) is 0 Å². The van der Waals surface area contributed by atoms with Gasteiger partial charge in [0.1, 0.15) is 0 Å². The van der Waals surface area contributed by atoms with Crippen LogP contribution in [0, 0.1) is 5.92 Å². The van der Waals surface area contributed by atoms with Gasteiger partial charge in [-0.1, -0.05) is 0 Å². The van der Waals surface area contributed by atoms with Gasteiger partial charge in [-0.2, -0.15) is 0 Å². The van der Waals surface area contributed by atoms with Crippen LogP contribution in [0.3, 0.4) is 0 Å². The summed E-state index contributed by atoms with van der Waals surface area (Å²) in [6.07, 6.45) is 2.92. The van der Waals surface area contributed by atoms with Crippen molar-refractivity contribution in [3.63, 3.8) is 0 Å². The van der Waals surface area contributed by atoms with Crippen molar-refractivity contribution in [3.05, 3.63) is 0 Å². The first kappa shape index (κ1) is 8.41. The van der Waals surface area contributed by atoms with Crippen LogP contribution in [0.2, 0.25) is 0 Å². The van der Waals surface area contributed by atoms with E-state index in [2.05, 4.69) is 0 Å². The molecule has 0 radical (unpaired) electrons. The van der Waals surface area contributed by atoms with Gasteiger partial charge in [0.25, 0.3) is 0 Å². The van der Waals surface area contributed by atoms with Crippen LogP contribution in [0.5, 0.6) is 0 Å². The van der Waals surface area contributed by atoms with Crippen molar-refractivity contribution in [1.82, 2.24) is 4.90 Å². The Morgan fingerprint density at radius 1 is 1.15 bits per heavy atom. The molecule has 1 aliphatic carbocycles. The molecule has 0 aromatic carbocycles. The van der Waals surface area contributed by atoms with E-state index in [4.69, 9.17) is 0 Å². The molecule has 0 aromatic heterocycles. The highest BCUT2D eigenvalue weighted by atomic mass is 16.2. The van der Waals surface area contributed by atoms with Gasteiger partial charge in [-0.25, -0.2) is 4.90 Å². The van der Waals surface area contributed by atoms with Gasteiger partial charge in [0.05, 0.1) is 0 Å². The molecular weight excluding hydrogens is 170 g/mol. The van der Waals surface area contributed by atoms with Gasteiger partial charge in [0, 0.05) is 18.8 Å². The number of imide groups is 3. The number of likely N-dealkylation sites (tertiary alicyclic amines) is 1. The van der Waals surface area contributed by atoms with Crippen LogP contribution >= 0.6 is 0 Å². The van der Waals surface area contributed by atoms with Crippen LogP contribution in [0.15, 0.2) is 0 Å². The fourth-order valence-corrected chi connectivity index (χ4v) is 1.51. The molecule has 4 nitrogen and oxygen atoms in total. The molecule has 4 heteroatoms. The predicted octanol–water partition coefficient (Wildman–Crippen LogP) is 0.462. The number of amides is 3. The molecule has 2 aliphatic rings. The van der Waals surface area contributed by atoms with E-state index < -0.39 is 0 Å². The standard InChI is InChI=1S/C9H11NO3/c11-7-2-1-3-8(12)10(7)9(13)6-4-5-6/h6H,1-5H2. The van der Waals surface area contributed by atoms with E-state index in [0.717, 1.165) is 17.7 Å². The molecule has 1 saturated heterocycles. The molecule has 0 spiro atoms. The Kier molecular flexibility index (Phi) is 1.90. The van der Waals surface area contributed by atoms with Crippen LogP contribution in [-0.4, -0.2) is 22.6 Å². The highest BCUT2D eigenvalue weighted by Crippen LogP contribution is 2.32. The zero-order valence-corrected chi connectivity index (χ0v) is 7.28. The monoisotopic (exact) mass is 181 g/mol. The van der Waals surface area contributed by atoms with Gasteiger partial charge < -0.3 is 0 Å². The number of nitrogens with zero attached hydrogens (tertiary/aromatic N) is 1. The first-order valence-electron chi connectivity index (χ1n) is 4.60. The molecule has 0 N–H and O–H groups in total. The maximum absolute atomic E-state index is 11.5. The maximum atomic E-state index is 11.5. The van der Waals surface area contributed by atoms with Crippen molar-refractivity contribution in [3.8, 4) is 0 Å². The van der Waals surface area contributed by atoms with E-state index in [1.165, 1.54) is 0 Å². The number of hydrogen-bond donors (Lipinski definition) is 0. The van der Waals surface area contributed by atoms with E-state index in [0.29, 0.717) is 19.3 Å². The molecule has 0 unspecified atom stereocenters. The van der Waals surface area contributed by atoms with Gasteiger partial charge in [-0.05, 0) is 19.3 Å². The van der Waals surface area contributed by atoms with Gasteiger partial charge in [0.2, 0.25) is 17.7 Å². The number of carbonyl (C=O) groups is 3. The minimum Gasteiger partial charge on any atom is -0.274 e. The van der Waals surface area contributed by atoms with Crippen molar-refractivity contribution in [1.29, 1.82) is 0 Å². The molecule has 3 amide bonds. The Morgan fingerprint density at radius 2 is 1.69 bits per heavy atom. The van der Waals surface area contributed by atoms with E-state index in [9.17, 15) is 14.4 Å². The highest BCUT2D eigenvalue weighted by Gasteiger charge is 2.40. The second kappa shape index (κ2) is 2.94. The lowest BCUT2D eigenvalue weighted by atomic mass is 10.1. The Bertz CT molecular complexity index is 265. The van der Waals surface area contributed by atoms with E-state index in [1.807, 2.05) is 0 Å². The molecule has 1 aliphatic heterocycles. The molecular formula is C9H11NO3. The Balaban J connectivity index is 2.12. The largest absolute Gasteiger partial charge is 0.274 e. The van der Waals surface area contributed by atoms with E-state index in [1.54, 1.807) is 0 Å². The zero-order chi connectivity index (χ0) is 9.42. The van der Waals surface area contributed by atoms with Crippen LogP contribution < -0.4 is 0 Å². The SMILES string of the molecule is O=C1CCCC(=O)N1C(=O)C1CC1. The zero-order valence-electron chi connectivity index (χ0n) is 7.28. The number of hydrogen-bond acceptors (Lipinski definition) is 3. The maximum Gasteiger partial charge on any atom is 0.239 e. The average molecular weight is 181 g/mol. The fraction of sp³-hybridized carbons (Fsp3) is 0.667. The molecule has 0 aromatic rings. The second-order valence-corrected chi connectivity index (χ2v) is 3.59. The predicted molar refractivity (Wildman–Crippen MR) is 43.4 cm³/mol. The second-order valence-electron chi connectivity index (χ2n) is 3.59. The van der Waals surface area contributed by atoms with Crippen molar-refractivity contribution in [2.24, 2.45) is 5.92 Å². The third kappa shape index (κ3) is 1.48. The molecule has 1 heterocycles. The summed E-state index contributed by atoms with van der Waals surface area (Å²) in [4.78, 5) is 34.9. The first-order valence-corrected chi connectivity index (χ1v) is 4.60. The lowest BCUT2D eigenvalue weighted by Gasteiger charge is -2.22. The summed E-state index contributed by atoms with van der Waals surface area (Å²) in [6, 6.07) is 0. The molecule has 13 heavy (non-hydrogen) atoms. The Labute approximate surface area is 75.9 Å². The number of piperidine rings is 1. The number of rotatable bonds is 1. The van der Waals surface area contributed by atoms with Gasteiger partial charge in [-0.3, -0.25) is 14.4 Å². The van der Waals surface area contributed by atoms with E-state index >= 15 is 0 Å². The lowest BCUT2D eigenvalue weighted by molar-refractivity contribution is -0.157. The summed E-state index contributed by atoms with van der Waals surface area (Å²) in [7, 11) is 0. The quantitative estimate of drug-likeness (QED) is 0.552. The third-order valence-corrected chi connectivity index (χ3v) is 2.43. The molecule has 0 bridgehead atoms. The van der Waals surface area contributed by atoms with Crippen LogP contribution in [0.25, 0.3) is 0 Å². The summed E-state index contributed by atoms with van der Waals surface area (Å²) in [6.45, 7) is 0. The fourth-order valence-electron chi connectivity index (χ4n) is 1.51. The molecule has 1 saturated carbocycles. The third-order valence-electron chi connectivity index (χ3n) is 2.43. The topological polar surface area (TPSA) is 54.5 Å². The summed E-state index contributed by atoms with van der Waals surface area (Å²) in [5.41, 5.74) is 0. The van der Waals surface area contributed by atoms with Crippen molar-refractivity contribution in [2.45, 2.75) is 32.1 Å². The van der Waals surface area contributed by atoms with E-state index in [-0.39, 0.29) is 23.6 Å². The molecule has 2 rings (SSSR count). The van der Waals surface area contributed by atoms with Gasteiger partial charge in [0.15, 0.2) is 0 Å². The lowest BCUT2D eigenvalue weighted by Crippen LogP contribution is -2.45. The van der Waals surface area contributed by atoms with Gasteiger partial charge >= 0.3 is 0 Å². The van der Waals surface area contributed by atoms with Crippen LogP contribution in [0.1, 0.15) is 32.1 Å². The van der Waals surface area contributed by atoms with Crippen molar-refractivity contribution in [2.75, 3.05) is 0 Å². The average Bonchev–Trinajstić information content (AvgIpc) is 2.85. The number of carbonyl (C=O) groups excluding carboxylic acids is 3. The molecule has 70 valence electrons. The minimum absolute atomic E-state index is 0.0500. The first-order chi connectivity index (χ1) is 6.20. The van der Waals surface area contributed by atoms with Crippen molar-refractivity contribution >= 4 is 17.7 Å². The minimum atomic E-state index is -0.312. The van der Waals surface area contributed by atoms with Crippen molar-refractivity contribution < 1.29 is 14.4 Å². The normalized spacial score (nSPS) is 23.5. The Morgan fingerprint density at radius 3 is 2.15 bits per heavy atom. The smallest absolute Gasteiger partial charge is 0.239 e.